The predicted octanol–water partition coefficient (Wildman–Crippen LogP) is 1.13. The molecule has 6 nitrogen and oxygen atoms in total. The number of aromatic nitrogens is 2. The van der Waals surface area contributed by atoms with Gasteiger partial charge in [0.05, 0.1) is 0 Å². The zero-order valence-corrected chi connectivity index (χ0v) is 12.7. The summed E-state index contributed by atoms with van der Waals surface area (Å²) in [4.78, 5) is 13.5. The summed E-state index contributed by atoms with van der Waals surface area (Å²) in [5, 5.41) is 0. The topological polar surface area (TPSA) is 67.5 Å². The van der Waals surface area contributed by atoms with Gasteiger partial charge in [0.15, 0.2) is 5.82 Å². The molecule has 1 aromatic rings. The molecule has 2 heterocycles. The molecule has 1 fully saturated rings. The third-order valence-corrected chi connectivity index (χ3v) is 3.56. The second-order valence-corrected chi connectivity index (χ2v) is 5.36. The van der Waals surface area contributed by atoms with E-state index in [9.17, 15) is 0 Å². The maximum absolute atomic E-state index is 5.91. The highest BCUT2D eigenvalue weighted by Gasteiger charge is 2.21. The Morgan fingerprint density at radius 1 is 1.40 bits per heavy atom. The number of anilines is 2. The lowest BCUT2D eigenvalue weighted by Gasteiger charge is -2.29. The molecule has 112 valence electrons. The normalized spacial score (nSPS) is 20.9. The van der Waals surface area contributed by atoms with Crippen LogP contribution in [0.1, 0.15) is 26.1 Å². The third kappa shape index (κ3) is 3.80. The average Bonchev–Trinajstić information content (AvgIpc) is 2.56. The van der Waals surface area contributed by atoms with E-state index < -0.39 is 0 Å². The summed E-state index contributed by atoms with van der Waals surface area (Å²) in [6, 6.07) is 2.27. The zero-order valence-electron chi connectivity index (χ0n) is 12.7. The van der Waals surface area contributed by atoms with Crippen molar-refractivity contribution in [1.29, 1.82) is 0 Å². The van der Waals surface area contributed by atoms with Crippen LogP contribution in [0.2, 0.25) is 0 Å². The molecule has 1 atom stereocenters. The van der Waals surface area contributed by atoms with Crippen LogP contribution in [0.3, 0.4) is 0 Å². The first kappa shape index (κ1) is 15.0. The maximum atomic E-state index is 5.91. The standard InChI is InChI=1S/C14H25N5O/c1-4-20-10-13-16-12(15)8-14(17-13)19-7-5-6-18(3)9-11(19)2/h8,11H,4-7,9-10H2,1-3H3,(H2,15,16,17). The monoisotopic (exact) mass is 279 g/mol. The average molecular weight is 279 g/mol. The van der Waals surface area contributed by atoms with Crippen LogP contribution < -0.4 is 10.6 Å². The van der Waals surface area contributed by atoms with E-state index in [-0.39, 0.29) is 0 Å². The van der Waals surface area contributed by atoms with Crippen LogP contribution in [0.25, 0.3) is 0 Å². The summed E-state index contributed by atoms with van der Waals surface area (Å²) in [5.74, 6) is 2.08. The van der Waals surface area contributed by atoms with Crippen molar-refractivity contribution in [3.63, 3.8) is 0 Å². The van der Waals surface area contributed by atoms with Gasteiger partial charge in [-0.3, -0.25) is 0 Å². The molecule has 1 aliphatic heterocycles. The zero-order chi connectivity index (χ0) is 14.5. The van der Waals surface area contributed by atoms with Crippen LogP contribution in [0.15, 0.2) is 6.07 Å². The van der Waals surface area contributed by atoms with E-state index in [1.807, 2.05) is 13.0 Å². The Balaban J connectivity index is 2.19. The highest BCUT2D eigenvalue weighted by atomic mass is 16.5. The quantitative estimate of drug-likeness (QED) is 0.891. The van der Waals surface area contributed by atoms with E-state index >= 15 is 0 Å². The van der Waals surface area contributed by atoms with Crippen LogP contribution in [0, 0.1) is 0 Å². The number of nitrogens with zero attached hydrogens (tertiary/aromatic N) is 4. The summed E-state index contributed by atoms with van der Waals surface area (Å²) < 4.78 is 5.38. The molecule has 0 spiro atoms. The van der Waals surface area contributed by atoms with Gasteiger partial charge in [-0.15, -0.1) is 0 Å². The largest absolute Gasteiger partial charge is 0.384 e. The molecular formula is C14H25N5O. The number of hydrogen-bond acceptors (Lipinski definition) is 6. The molecule has 0 aromatic carbocycles. The van der Waals surface area contributed by atoms with Gasteiger partial charge in [0.25, 0.3) is 0 Å². The number of nitrogens with two attached hydrogens (primary N) is 1. The van der Waals surface area contributed by atoms with Gasteiger partial charge < -0.3 is 20.3 Å². The lowest BCUT2D eigenvalue weighted by Crippen LogP contribution is -2.38. The summed E-state index contributed by atoms with van der Waals surface area (Å²) in [6.07, 6.45) is 1.13. The van der Waals surface area contributed by atoms with Crippen molar-refractivity contribution in [3.8, 4) is 0 Å². The Morgan fingerprint density at radius 2 is 2.20 bits per heavy atom. The number of rotatable bonds is 4. The fourth-order valence-electron chi connectivity index (χ4n) is 2.62. The van der Waals surface area contributed by atoms with Crippen LogP contribution in [-0.2, 0) is 11.3 Å². The Bertz CT molecular complexity index is 440. The first-order valence-corrected chi connectivity index (χ1v) is 7.26. The summed E-state index contributed by atoms with van der Waals surface area (Å²) in [7, 11) is 2.16. The van der Waals surface area contributed by atoms with Crippen molar-refractivity contribution in [2.75, 3.05) is 43.9 Å². The van der Waals surface area contributed by atoms with E-state index in [1.54, 1.807) is 0 Å². The lowest BCUT2D eigenvalue weighted by molar-refractivity contribution is 0.128. The molecule has 0 bridgehead atoms. The highest BCUT2D eigenvalue weighted by Crippen LogP contribution is 2.20. The van der Waals surface area contributed by atoms with Crippen molar-refractivity contribution >= 4 is 11.6 Å². The second-order valence-electron chi connectivity index (χ2n) is 5.36. The molecule has 0 saturated carbocycles. The van der Waals surface area contributed by atoms with Crippen molar-refractivity contribution in [2.45, 2.75) is 32.9 Å². The third-order valence-electron chi connectivity index (χ3n) is 3.56. The second kappa shape index (κ2) is 6.85. The van der Waals surface area contributed by atoms with E-state index in [0.717, 1.165) is 31.9 Å². The fraction of sp³-hybridized carbons (Fsp3) is 0.714. The molecule has 1 saturated heterocycles. The minimum absolute atomic E-state index is 0.413. The maximum Gasteiger partial charge on any atom is 0.158 e. The van der Waals surface area contributed by atoms with Crippen LogP contribution in [-0.4, -0.2) is 54.2 Å². The molecule has 1 aromatic heterocycles. The van der Waals surface area contributed by atoms with Crippen molar-refractivity contribution in [2.24, 2.45) is 0 Å². The molecule has 2 N–H and O–H groups in total. The molecule has 20 heavy (non-hydrogen) atoms. The van der Waals surface area contributed by atoms with Gasteiger partial charge in [-0.05, 0) is 33.9 Å². The molecule has 6 heteroatoms. The van der Waals surface area contributed by atoms with E-state index in [4.69, 9.17) is 10.5 Å². The molecule has 1 aliphatic rings. The minimum Gasteiger partial charge on any atom is -0.384 e. The smallest absolute Gasteiger partial charge is 0.158 e. The number of ether oxygens (including phenoxy) is 1. The molecule has 0 amide bonds. The minimum atomic E-state index is 0.413. The van der Waals surface area contributed by atoms with Gasteiger partial charge in [0, 0.05) is 31.8 Å². The van der Waals surface area contributed by atoms with Gasteiger partial charge in [-0.2, -0.15) is 0 Å². The van der Waals surface area contributed by atoms with Crippen molar-refractivity contribution in [3.05, 3.63) is 11.9 Å². The molecule has 2 rings (SSSR count). The van der Waals surface area contributed by atoms with Crippen molar-refractivity contribution < 1.29 is 4.74 Å². The van der Waals surface area contributed by atoms with E-state index in [2.05, 4.69) is 33.7 Å². The van der Waals surface area contributed by atoms with E-state index in [1.165, 1.54) is 0 Å². The van der Waals surface area contributed by atoms with E-state index in [0.29, 0.717) is 30.9 Å². The van der Waals surface area contributed by atoms with Crippen LogP contribution in [0.5, 0.6) is 0 Å². The Hall–Kier alpha value is -1.40. The molecule has 1 unspecified atom stereocenters. The summed E-state index contributed by atoms with van der Waals surface area (Å²) in [5.41, 5.74) is 5.91. The SMILES string of the molecule is CCOCc1nc(N)cc(N2CCCN(C)CC2C)n1. The molecular weight excluding hydrogens is 254 g/mol. The highest BCUT2D eigenvalue weighted by molar-refractivity contribution is 5.48. The number of likely N-dealkylation sites (N-methyl/N-ethyl adjacent to an activating group) is 1. The number of hydrogen-bond donors (Lipinski definition) is 1. The molecule has 0 aliphatic carbocycles. The Morgan fingerprint density at radius 3 is 2.95 bits per heavy atom. The van der Waals surface area contributed by atoms with Gasteiger partial charge in [-0.25, -0.2) is 9.97 Å². The van der Waals surface area contributed by atoms with Gasteiger partial charge in [-0.1, -0.05) is 0 Å². The predicted molar refractivity (Wildman–Crippen MR) is 80.7 cm³/mol. The Kier molecular flexibility index (Phi) is 5.14. The number of nitrogen functional groups attached to an aromatic ring is 1. The fourth-order valence-corrected chi connectivity index (χ4v) is 2.62. The summed E-state index contributed by atoms with van der Waals surface area (Å²) >= 11 is 0. The molecule has 0 radical (unpaired) electrons. The summed E-state index contributed by atoms with van der Waals surface area (Å²) in [6.45, 7) is 8.39. The van der Waals surface area contributed by atoms with Gasteiger partial charge in [0.2, 0.25) is 0 Å². The Labute approximate surface area is 120 Å². The first-order valence-electron chi connectivity index (χ1n) is 7.26. The lowest BCUT2D eigenvalue weighted by atomic mass is 10.2. The first-order chi connectivity index (χ1) is 9.60. The van der Waals surface area contributed by atoms with Gasteiger partial charge in [0.1, 0.15) is 18.2 Å². The van der Waals surface area contributed by atoms with Crippen molar-refractivity contribution in [1.82, 2.24) is 14.9 Å². The van der Waals surface area contributed by atoms with Gasteiger partial charge >= 0.3 is 0 Å². The van der Waals surface area contributed by atoms with Crippen LogP contribution >= 0.6 is 0 Å². The van der Waals surface area contributed by atoms with Crippen LogP contribution in [0.4, 0.5) is 11.6 Å².